The Morgan fingerprint density at radius 1 is 1.31 bits per heavy atom. The normalized spacial score (nSPS) is 11.3. The van der Waals surface area contributed by atoms with Gasteiger partial charge in [0.2, 0.25) is 0 Å². The van der Waals surface area contributed by atoms with E-state index < -0.39 is 0 Å². The number of nitriles is 1. The molecule has 0 saturated carbocycles. The van der Waals surface area contributed by atoms with E-state index in [-0.39, 0.29) is 33.9 Å². The van der Waals surface area contributed by atoms with Crippen molar-refractivity contribution in [1.82, 2.24) is 9.66 Å². The Kier molecular flexibility index (Phi) is 6.58. The lowest BCUT2D eigenvalue weighted by Gasteiger charge is -2.12. The highest BCUT2D eigenvalue weighted by Crippen LogP contribution is 2.33. The zero-order valence-electron chi connectivity index (χ0n) is 15.5. The van der Waals surface area contributed by atoms with E-state index in [1.807, 2.05) is 26.0 Å². The van der Waals surface area contributed by atoms with Crippen LogP contribution in [0.2, 0.25) is 10.0 Å². The second-order valence-electron chi connectivity index (χ2n) is 6.41. The highest BCUT2D eigenvalue weighted by Gasteiger charge is 2.14. The summed E-state index contributed by atoms with van der Waals surface area (Å²) in [6, 6.07) is 10.4. The first-order valence-electron chi connectivity index (χ1n) is 8.57. The van der Waals surface area contributed by atoms with Crippen molar-refractivity contribution in [3.05, 3.63) is 66.6 Å². The van der Waals surface area contributed by atoms with E-state index in [1.165, 1.54) is 10.9 Å². The van der Waals surface area contributed by atoms with E-state index in [2.05, 4.69) is 26.0 Å². The molecular weight excluding hydrogens is 479 g/mol. The zero-order chi connectivity index (χ0) is 21.1. The number of hydrogen-bond acceptors (Lipinski definition) is 5. The number of fused-ring (bicyclic) bond motifs is 1. The van der Waals surface area contributed by atoms with Gasteiger partial charge in [0.1, 0.15) is 11.9 Å². The fourth-order valence-corrected chi connectivity index (χ4v) is 3.65. The van der Waals surface area contributed by atoms with Gasteiger partial charge in [0, 0.05) is 10.4 Å². The van der Waals surface area contributed by atoms with Crippen LogP contribution >= 0.6 is 39.1 Å². The van der Waals surface area contributed by atoms with Crippen molar-refractivity contribution < 1.29 is 4.74 Å². The molecule has 0 fully saturated rings. The topological polar surface area (TPSA) is 80.3 Å². The largest absolute Gasteiger partial charge is 0.476 e. The number of rotatable bonds is 5. The van der Waals surface area contributed by atoms with Gasteiger partial charge >= 0.3 is 0 Å². The zero-order valence-corrected chi connectivity index (χ0v) is 18.6. The summed E-state index contributed by atoms with van der Waals surface area (Å²) in [6.45, 7) is 3.71. The van der Waals surface area contributed by atoms with E-state index in [0.717, 1.165) is 4.47 Å². The van der Waals surface area contributed by atoms with Crippen LogP contribution in [0, 0.1) is 11.3 Å². The third-order valence-corrected chi connectivity index (χ3v) is 5.03. The Hall–Kier alpha value is -2.40. The summed E-state index contributed by atoms with van der Waals surface area (Å²) < 4.78 is 7.28. The Bertz CT molecular complexity index is 1190. The van der Waals surface area contributed by atoms with E-state index in [9.17, 15) is 4.79 Å². The van der Waals surface area contributed by atoms with Crippen LogP contribution in [0.5, 0.6) is 5.75 Å². The van der Waals surface area contributed by atoms with Crippen LogP contribution in [-0.2, 0) is 0 Å². The second-order valence-corrected chi connectivity index (χ2v) is 8.14. The molecule has 0 aliphatic heterocycles. The molecular formula is C20H15BrCl2N4O2. The minimum atomic E-state index is -0.276. The Balaban J connectivity index is 2.09. The number of ether oxygens (including phenoxy) is 1. The average molecular weight is 494 g/mol. The summed E-state index contributed by atoms with van der Waals surface area (Å²) in [7, 11) is 0. The van der Waals surface area contributed by atoms with Gasteiger partial charge in [0.05, 0.1) is 27.2 Å². The van der Waals surface area contributed by atoms with Crippen LogP contribution in [-0.4, -0.2) is 22.5 Å². The molecule has 0 radical (unpaired) electrons. The number of aromatic nitrogens is 2. The number of benzene rings is 2. The maximum atomic E-state index is 13.0. The molecule has 0 atom stereocenters. The van der Waals surface area contributed by atoms with Crippen molar-refractivity contribution in [3.8, 4) is 11.8 Å². The lowest BCUT2D eigenvalue weighted by molar-refractivity contribution is 0.368. The second kappa shape index (κ2) is 8.95. The molecule has 0 saturated heterocycles. The summed E-state index contributed by atoms with van der Waals surface area (Å²) in [5, 5.41) is 13.9. The Labute approximate surface area is 185 Å². The third-order valence-electron chi connectivity index (χ3n) is 3.97. The Morgan fingerprint density at radius 3 is 2.62 bits per heavy atom. The summed E-state index contributed by atoms with van der Waals surface area (Å²) in [5.74, 6) is 0.735. The fraction of sp³-hybridized carbons (Fsp3) is 0.200. The number of nitrogens with zero attached hydrogens (tertiary/aromatic N) is 4. The van der Waals surface area contributed by atoms with Gasteiger partial charge in [-0.25, -0.2) is 4.98 Å². The highest BCUT2D eigenvalue weighted by atomic mass is 79.9. The van der Waals surface area contributed by atoms with Crippen molar-refractivity contribution in [2.45, 2.75) is 19.8 Å². The monoisotopic (exact) mass is 492 g/mol. The van der Waals surface area contributed by atoms with Gasteiger partial charge < -0.3 is 4.74 Å². The number of hydrogen-bond donors (Lipinski definition) is 0. The number of halogens is 3. The molecule has 0 amide bonds. The van der Waals surface area contributed by atoms with Crippen molar-refractivity contribution in [1.29, 1.82) is 5.26 Å². The fourth-order valence-electron chi connectivity index (χ4n) is 2.67. The van der Waals surface area contributed by atoms with E-state index in [4.69, 9.17) is 33.2 Å². The minimum absolute atomic E-state index is 0.0261. The predicted octanol–water partition coefficient (Wildman–Crippen LogP) is 5.37. The summed E-state index contributed by atoms with van der Waals surface area (Å²) in [4.78, 5) is 17.6. The molecule has 148 valence electrons. The van der Waals surface area contributed by atoms with E-state index in [0.29, 0.717) is 22.3 Å². The van der Waals surface area contributed by atoms with Gasteiger partial charge in [-0.3, -0.25) is 4.79 Å². The molecule has 3 rings (SSSR count). The molecule has 0 N–H and O–H groups in total. The predicted molar refractivity (Wildman–Crippen MR) is 118 cm³/mol. The van der Waals surface area contributed by atoms with Crippen molar-refractivity contribution >= 4 is 56.2 Å². The molecule has 9 heteroatoms. The van der Waals surface area contributed by atoms with Gasteiger partial charge in [-0.15, -0.1) is 0 Å². The smallest absolute Gasteiger partial charge is 0.282 e. The molecule has 0 bridgehead atoms. The van der Waals surface area contributed by atoms with Crippen LogP contribution < -0.4 is 10.3 Å². The lowest BCUT2D eigenvalue weighted by atomic mass is 10.2. The van der Waals surface area contributed by atoms with Gasteiger partial charge in [-0.2, -0.15) is 15.0 Å². The maximum absolute atomic E-state index is 13.0. The lowest BCUT2D eigenvalue weighted by Crippen LogP contribution is -2.23. The molecule has 6 nitrogen and oxygen atoms in total. The highest BCUT2D eigenvalue weighted by molar-refractivity contribution is 9.10. The minimum Gasteiger partial charge on any atom is -0.476 e. The van der Waals surface area contributed by atoms with E-state index in [1.54, 1.807) is 24.3 Å². The summed E-state index contributed by atoms with van der Waals surface area (Å²) >= 11 is 15.8. The molecule has 0 spiro atoms. The molecule has 1 aromatic heterocycles. The third kappa shape index (κ3) is 4.61. The molecule has 0 aliphatic rings. The molecule has 3 aromatic rings. The first-order chi connectivity index (χ1) is 13.8. The SMILES string of the molecule is CC(C)c1nc2ccc(Br)cc2c(=O)n1N=Cc1cc(Cl)c(OCC#N)c(Cl)c1. The van der Waals surface area contributed by atoms with Gasteiger partial charge in [0.25, 0.3) is 5.56 Å². The first kappa shape index (κ1) is 21.3. The van der Waals surface area contributed by atoms with Crippen molar-refractivity contribution in [2.75, 3.05) is 6.61 Å². The van der Waals surface area contributed by atoms with Crippen LogP contribution in [0.4, 0.5) is 0 Å². The molecule has 0 unspecified atom stereocenters. The quantitative estimate of drug-likeness (QED) is 0.447. The van der Waals surface area contributed by atoms with E-state index >= 15 is 0 Å². The van der Waals surface area contributed by atoms with Gasteiger partial charge in [-0.05, 0) is 35.9 Å². The first-order valence-corrected chi connectivity index (χ1v) is 10.1. The van der Waals surface area contributed by atoms with Crippen LogP contribution in [0.25, 0.3) is 10.9 Å². The Morgan fingerprint density at radius 2 is 2.00 bits per heavy atom. The summed E-state index contributed by atoms with van der Waals surface area (Å²) in [5.41, 5.74) is 0.904. The summed E-state index contributed by atoms with van der Waals surface area (Å²) in [6.07, 6.45) is 1.48. The molecule has 0 aliphatic carbocycles. The van der Waals surface area contributed by atoms with Crippen molar-refractivity contribution in [3.63, 3.8) is 0 Å². The molecule has 2 aromatic carbocycles. The van der Waals surface area contributed by atoms with Crippen LogP contribution in [0.3, 0.4) is 0 Å². The van der Waals surface area contributed by atoms with Crippen LogP contribution in [0.15, 0.2) is 44.7 Å². The molecule has 29 heavy (non-hydrogen) atoms. The molecule has 1 heterocycles. The van der Waals surface area contributed by atoms with Crippen molar-refractivity contribution in [2.24, 2.45) is 5.10 Å². The maximum Gasteiger partial charge on any atom is 0.282 e. The van der Waals surface area contributed by atoms with Crippen LogP contribution in [0.1, 0.15) is 31.2 Å². The van der Waals surface area contributed by atoms with Gasteiger partial charge in [0.15, 0.2) is 12.4 Å². The standard InChI is InChI=1S/C20H15BrCl2N4O2/c1-11(2)19-26-17-4-3-13(21)9-14(17)20(28)27(19)25-10-12-7-15(22)18(16(23)8-12)29-6-5-24/h3-4,7-11H,6H2,1-2H3. The average Bonchev–Trinajstić information content (AvgIpc) is 2.67. The van der Waals surface area contributed by atoms with Gasteiger partial charge in [-0.1, -0.05) is 53.0 Å².